The second-order valence-electron chi connectivity index (χ2n) is 5.74. The summed E-state index contributed by atoms with van der Waals surface area (Å²) >= 11 is 1.37. The summed E-state index contributed by atoms with van der Waals surface area (Å²) in [4.78, 5) is 24.8. The molecule has 0 spiro atoms. The van der Waals surface area contributed by atoms with E-state index in [4.69, 9.17) is 0 Å². The predicted octanol–water partition coefficient (Wildman–Crippen LogP) is 2.80. The van der Waals surface area contributed by atoms with Crippen LogP contribution in [-0.2, 0) is 11.3 Å². The summed E-state index contributed by atoms with van der Waals surface area (Å²) in [7, 11) is 0. The summed E-state index contributed by atoms with van der Waals surface area (Å²) in [5.41, 5.74) is 2.12. The molecule has 0 radical (unpaired) electrons. The van der Waals surface area contributed by atoms with Crippen molar-refractivity contribution in [1.29, 1.82) is 0 Å². The van der Waals surface area contributed by atoms with E-state index < -0.39 is 5.69 Å². The van der Waals surface area contributed by atoms with Crippen LogP contribution < -0.4 is 11.0 Å². The molecule has 0 fully saturated rings. The average molecular weight is 377 g/mol. The number of tetrazole rings is 1. The Labute approximate surface area is 158 Å². The third-order valence-corrected chi connectivity index (χ3v) is 4.78. The fourth-order valence-electron chi connectivity index (χ4n) is 2.69. The van der Waals surface area contributed by atoms with E-state index in [2.05, 4.69) is 15.7 Å². The van der Waals surface area contributed by atoms with Crippen LogP contribution in [0.5, 0.6) is 0 Å². The minimum atomic E-state index is -0.455. The van der Waals surface area contributed by atoms with E-state index in [9.17, 15) is 9.59 Å². The summed E-state index contributed by atoms with van der Waals surface area (Å²) in [6, 6.07) is 20.9. The van der Waals surface area contributed by atoms with Crippen LogP contribution in [0, 0.1) is 0 Å². The first-order valence-corrected chi connectivity index (χ1v) is 9.11. The van der Waals surface area contributed by atoms with Crippen molar-refractivity contribution in [3.05, 3.63) is 82.6 Å². The number of amides is 1. The third kappa shape index (κ3) is 3.56. The van der Waals surface area contributed by atoms with Crippen molar-refractivity contribution >= 4 is 22.9 Å². The Morgan fingerprint density at radius 2 is 1.74 bits per heavy atom. The molecule has 4 aromatic rings. The number of carbonyl (C=O) groups is 1. The van der Waals surface area contributed by atoms with Crippen LogP contribution in [0.4, 0.5) is 5.69 Å². The largest absolute Gasteiger partial charge is 0.369 e. The number of nitrogens with one attached hydrogen (secondary N) is 1. The number of hydrogen-bond acceptors (Lipinski definition) is 5. The van der Waals surface area contributed by atoms with Crippen LogP contribution >= 0.6 is 11.3 Å². The maximum Gasteiger partial charge on any atom is 0.369 e. The monoisotopic (exact) mass is 377 g/mol. The predicted molar refractivity (Wildman–Crippen MR) is 104 cm³/mol. The molecule has 0 saturated carbocycles. The molecule has 0 bridgehead atoms. The van der Waals surface area contributed by atoms with Crippen LogP contribution in [-0.4, -0.2) is 25.7 Å². The number of aromatic nitrogens is 4. The van der Waals surface area contributed by atoms with Gasteiger partial charge >= 0.3 is 5.69 Å². The van der Waals surface area contributed by atoms with Gasteiger partial charge in [0.05, 0.1) is 0 Å². The molecule has 0 aliphatic carbocycles. The highest BCUT2D eigenvalue weighted by Crippen LogP contribution is 2.27. The standard InChI is InChI=1S/C19H15N5O2S/c25-17(13-23-19(26)24(22-21-23)18-11-6-12-27-18)20-16-10-5-4-9-15(16)14-7-2-1-3-8-14/h1-12H,13H2,(H,20,25). The Morgan fingerprint density at radius 1 is 0.963 bits per heavy atom. The molecule has 0 unspecified atom stereocenters. The molecule has 4 rings (SSSR count). The van der Waals surface area contributed by atoms with Gasteiger partial charge in [0.25, 0.3) is 0 Å². The molecule has 2 aromatic carbocycles. The highest BCUT2D eigenvalue weighted by molar-refractivity contribution is 7.12. The van der Waals surface area contributed by atoms with Crippen LogP contribution in [0.1, 0.15) is 0 Å². The number of nitrogens with zero attached hydrogens (tertiary/aromatic N) is 4. The Bertz CT molecular complexity index is 1120. The van der Waals surface area contributed by atoms with E-state index in [0.29, 0.717) is 10.7 Å². The van der Waals surface area contributed by atoms with Crippen LogP contribution in [0.2, 0.25) is 0 Å². The number of anilines is 1. The lowest BCUT2D eigenvalue weighted by Crippen LogP contribution is -2.29. The van der Waals surface area contributed by atoms with Gasteiger partial charge in [0, 0.05) is 11.3 Å². The summed E-state index contributed by atoms with van der Waals surface area (Å²) < 4.78 is 2.22. The number of carbonyl (C=O) groups excluding carboxylic acids is 1. The van der Waals surface area contributed by atoms with E-state index in [1.807, 2.05) is 66.0 Å². The number of hydrogen-bond donors (Lipinski definition) is 1. The zero-order chi connectivity index (χ0) is 18.6. The van der Waals surface area contributed by atoms with Gasteiger partial charge in [0.15, 0.2) is 0 Å². The quantitative estimate of drug-likeness (QED) is 0.580. The number of benzene rings is 2. The molecular formula is C19H15N5O2S. The molecule has 27 heavy (non-hydrogen) atoms. The molecule has 134 valence electrons. The lowest BCUT2D eigenvalue weighted by molar-refractivity contribution is -0.117. The van der Waals surface area contributed by atoms with E-state index >= 15 is 0 Å². The van der Waals surface area contributed by atoms with E-state index in [1.165, 1.54) is 16.0 Å². The van der Waals surface area contributed by atoms with Crippen molar-refractivity contribution in [1.82, 2.24) is 19.8 Å². The van der Waals surface area contributed by atoms with Gasteiger partial charge in [-0.25, -0.2) is 4.79 Å². The Morgan fingerprint density at radius 3 is 2.52 bits per heavy atom. The smallest absolute Gasteiger partial charge is 0.324 e. The molecule has 1 N–H and O–H groups in total. The van der Waals surface area contributed by atoms with Gasteiger partial charge in [0.2, 0.25) is 5.91 Å². The fourth-order valence-corrected chi connectivity index (χ4v) is 3.36. The fraction of sp³-hybridized carbons (Fsp3) is 0.0526. The third-order valence-electron chi connectivity index (χ3n) is 3.93. The van der Waals surface area contributed by atoms with Gasteiger partial charge < -0.3 is 5.32 Å². The topological polar surface area (TPSA) is 81.8 Å². The lowest BCUT2D eigenvalue weighted by atomic mass is 10.0. The molecule has 2 heterocycles. The van der Waals surface area contributed by atoms with Crippen molar-refractivity contribution in [3.8, 4) is 16.1 Å². The SMILES string of the molecule is O=C(Cn1nnn(-c2cccs2)c1=O)Nc1ccccc1-c1ccccc1. The zero-order valence-electron chi connectivity index (χ0n) is 14.1. The van der Waals surface area contributed by atoms with Crippen LogP contribution in [0.15, 0.2) is 76.9 Å². The first-order valence-electron chi connectivity index (χ1n) is 8.23. The molecule has 0 aliphatic rings. The highest BCUT2D eigenvalue weighted by Gasteiger charge is 2.14. The minimum absolute atomic E-state index is 0.215. The van der Waals surface area contributed by atoms with Crippen molar-refractivity contribution in [2.75, 3.05) is 5.32 Å². The van der Waals surface area contributed by atoms with Gasteiger partial charge in [-0.3, -0.25) is 4.79 Å². The summed E-state index contributed by atoms with van der Waals surface area (Å²) in [5.74, 6) is -0.348. The molecule has 1 amide bonds. The summed E-state index contributed by atoms with van der Waals surface area (Å²) in [6.07, 6.45) is 0. The second-order valence-corrected chi connectivity index (χ2v) is 6.67. The molecular weight excluding hydrogens is 362 g/mol. The van der Waals surface area contributed by atoms with Crippen molar-refractivity contribution in [2.24, 2.45) is 0 Å². The molecule has 0 atom stereocenters. The average Bonchev–Trinajstić information content (AvgIpc) is 3.33. The lowest BCUT2D eigenvalue weighted by Gasteiger charge is -2.11. The molecule has 0 aliphatic heterocycles. The Kier molecular flexibility index (Phi) is 4.63. The molecule has 8 heteroatoms. The summed E-state index contributed by atoms with van der Waals surface area (Å²) in [5, 5.41) is 13.0. The van der Waals surface area contributed by atoms with Crippen LogP contribution in [0.25, 0.3) is 16.1 Å². The van der Waals surface area contributed by atoms with Gasteiger partial charge in [-0.15, -0.1) is 11.3 Å². The van der Waals surface area contributed by atoms with Crippen molar-refractivity contribution < 1.29 is 4.79 Å². The number of rotatable bonds is 5. The van der Waals surface area contributed by atoms with Gasteiger partial charge in [-0.2, -0.15) is 9.36 Å². The van der Waals surface area contributed by atoms with E-state index in [1.54, 1.807) is 6.07 Å². The molecule has 2 aromatic heterocycles. The number of thiophene rings is 1. The van der Waals surface area contributed by atoms with Crippen LogP contribution in [0.3, 0.4) is 0 Å². The van der Waals surface area contributed by atoms with Gasteiger partial charge in [-0.05, 0) is 39.6 Å². The second kappa shape index (κ2) is 7.38. The highest BCUT2D eigenvalue weighted by atomic mass is 32.1. The molecule has 7 nitrogen and oxygen atoms in total. The minimum Gasteiger partial charge on any atom is -0.324 e. The summed E-state index contributed by atoms with van der Waals surface area (Å²) in [6.45, 7) is -0.215. The van der Waals surface area contributed by atoms with E-state index in [-0.39, 0.29) is 12.5 Å². The van der Waals surface area contributed by atoms with Gasteiger partial charge in [0.1, 0.15) is 11.5 Å². The normalized spacial score (nSPS) is 10.7. The number of para-hydroxylation sites is 1. The van der Waals surface area contributed by atoms with Gasteiger partial charge in [-0.1, -0.05) is 48.5 Å². The van der Waals surface area contributed by atoms with E-state index in [0.717, 1.165) is 15.8 Å². The first-order chi connectivity index (χ1) is 13.2. The maximum atomic E-state index is 12.5. The molecule has 0 saturated heterocycles. The van der Waals surface area contributed by atoms with Crippen molar-refractivity contribution in [3.63, 3.8) is 0 Å². The van der Waals surface area contributed by atoms with Crippen molar-refractivity contribution in [2.45, 2.75) is 6.54 Å². The maximum absolute atomic E-state index is 12.5. The Balaban J connectivity index is 1.54. The Hall–Kier alpha value is -3.52. The zero-order valence-corrected chi connectivity index (χ0v) is 15.0. The first kappa shape index (κ1) is 16.9.